The highest BCUT2D eigenvalue weighted by molar-refractivity contribution is 5.76. The highest BCUT2D eigenvalue weighted by Gasteiger charge is 2.23. The monoisotopic (exact) mass is 196 g/mol. The van der Waals surface area contributed by atoms with Gasteiger partial charge in [-0.25, -0.2) is 0 Å². The van der Waals surface area contributed by atoms with Crippen LogP contribution in [0.5, 0.6) is 0 Å². The summed E-state index contributed by atoms with van der Waals surface area (Å²) < 4.78 is 0. The van der Waals surface area contributed by atoms with E-state index in [0.717, 1.165) is 24.8 Å². The number of piperidine rings is 1. The lowest BCUT2D eigenvalue weighted by atomic mass is 9.80. The van der Waals surface area contributed by atoms with Gasteiger partial charge in [0.1, 0.15) is 0 Å². The Morgan fingerprint density at radius 2 is 1.79 bits per heavy atom. The number of hydrogen-bond acceptors (Lipinski definition) is 1. The normalized spacial score (nSPS) is 19.9. The molecule has 1 aliphatic rings. The van der Waals surface area contributed by atoms with Gasteiger partial charge in [-0.05, 0) is 37.5 Å². The summed E-state index contributed by atoms with van der Waals surface area (Å²) >= 11 is 0. The zero-order chi connectivity index (χ0) is 10.8. The van der Waals surface area contributed by atoms with Gasteiger partial charge in [0.05, 0.1) is 5.84 Å². The van der Waals surface area contributed by atoms with Gasteiger partial charge in [-0.15, -0.1) is 0 Å². The summed E-state index contributed by atoms with van der Waals surface area (Å²) in [7, 11) is 0. The topological polar surface area (TPSA) is 27.1 Å². The molecule has 0 saturated carbocycles. The minimum Gasteiger partial charge on any atom is -0.361 e. The summed E-state index contributed by atoms with van der Waals surface area (Å²) in [5.74, 6) is 1.62. The third kappa shape index (κ3) is 3.69. The molecule has 1 aliphatic heterocycles. The lowest BCUT2D eigenvalue weighted by Crippen LogP contribution is -2.37. The summed E-state index contributed by atoms with van der Waals surface area (Å²) in [6, 6.07) is 0. The van der Waals surface area contributed by atoms with Crippen LogP contribution in [-0.4, -0.2) is 23.8 Å². The van der Waals surface area contributed by atoms with Crippen molar-refractivity contribution in [3.63, 3.8) is 0 Å². The van der Waals surface area contributed by atoms with Crippen LogP contribution in [-0.2, 0) is 0 Å². The van der Waals surface area contributed by atoms with Crippen molar-refractivity contribution in [2.45, 2.75) is 47.0 Å². The summed E-state index contributed by atoms with van der Waals surface area (Å²) in [4.78, 5) is 2.19. The van der Waals surface area contributed by atoms with E-state index < -0.39 is 0 Å². The second-order valence-corrected chi connectivity index (χ2v) is 5.78. The molecule has 1 saturated heterocycles. The van der Waals surface area contributed by atoms with E-state index in [9.17, 15) is 0 Å². The number of nitrogens with zero attached hydrogens (tertiary/aromatic N) is 1. The first-order chi connectivity index (χ1) is 6.38. The fourth-order valence-electron chi connectivity index (χ4n) is 2.34. The summed E-state index contributed by atoms with van der Waals surface area (Å²) in [6.07, 6.45) is 3.87. The molecular formula is C12H24N2. The van der Waals surface area contributed by atoms with Crippen molar-refractivity contribution < 1.29 is 0 Å². The van der Waals surface area contributed by atoms with Crippen molar-refractivity contribution in [3.05, 3.63) is 0 Å². The van der Waals surface area contributed by atoms with Crippen LogP contribution in [0.15, 0.2) is 0 Å². The zero-order valence-corrected chi connectivity index (χ0v) is 10.1. The van der Waals surface area contributed by atoms with Gasteiger partial charge in [0.25, 0.3) is 0 Å². The summed E-state index contributed by atoms with van der Waals surface area (Å²) in [5.41, 5.74) is 0.465. The largest absolute Gasteiger partial charge is 0.361 e. The smallest absolute Gasteiger partial charge is 0.0925 e. The Kier molecular flexibility index (Phi) is 3.57. The number of rotatable bonds is 1. The molecule has 14 heavy (non-hydrogen) atoms. The van der Waals surface area contributed by atoms with Crippen molar-refractivity contribution in [2.75, 3.05) is 13.1 Å². The van der Waals surface area contributed by atoms with Crippen LogP contribution in [0.2, 0.25) is 0 Å². The van der Waals surface area contributed by atoms with Crippen molar-refractivity contribution in [3.8, 4) is 0 Å². The number of likely N-dealkylation sites (tertiary alicyclic amines) is 1. The van der Waals surface area contributed by atoms with E-state index in [0.29, 0.717) is 5.41 Å². The molecule has 0 spiro atoms. The maximum atomic E-state index is 7.56. The Labute approximate surface area is 88.2 Å². The lowest BCUT2D eigenvalue weighted by Gasteiger charge is -2.35. The van der Waals surface area contributed by atoms with Crippen LogP contribution in [0, 0.1) is 16.7 Å². The molecule has 0 amide bonds. The van der Waals surface area contributed by atoms with Crippen molar-refractivity contribution >= 4 is 5.84 Å². The van der Waals surface area contributed by atoms with E-state index in [1.165, 1.54) is 19.3 Å². The van der Waals surface area contributed by atoms with Crippen LogP contribution < -0.4 is 0 Å². The lowest BCUT2D eigenvalue weighted by molar-refractivity contribution is 0.201. The quantitative estimate of drug-likeness (QED) is 0.506. The molecule has 2 heteroatoms. The minimum absolute atomic E-state index is 0.465. The summed E-state index contributed by atoms with van der Waals surface area (Å²) in [5, 5.41) is 7.56. The number of hydrogen-bond donors (Lipinski definition) is 1. The van der Waals surface area contributed by atoms with E-state index in [1.54, 1.807) is 0 Å². The second-order valence-electron chi connectivity index (χ2n) is 5.78. The van der Waals surface area contributed by atoms with Crippen LogP contribution in [0.3, 0.4) is 0 Å². The van der Waals surface area contributed by atoms with Crippen molar-refractivity contribution in [2.24, 2.45) is 11.3 Å². The van der Waals surface area contributed by atoms with E-state index in [-0.39, 0.29) is 0 Å². The molecule has 82 valence electrons. The molecule has 0 bridgehead atoms. The van der Waals surface area contributed by atoms with Gasteiger partial charge in [-0.1, -0.05) is 20.8 Å². The second kappa shape index (κ2) is 4.33. The Bertz CT molecular complexity index is 195. The van der Waals surface area contributed by atoms with E-state index in [2.05, 4.69) is 25.7 Å². The number of nitrogens with one attached hydrogen (secondary N) is 1. The average molecular weight is 196 g/mol. The molecule has 1 rings (SSSR count). The van der Waals surface area contributed by atoms with Crippen molar-refractivity contribution in [1.82, 2.24) is 4.90 Å². The molecule has 0 aromatic heterocycles. The molecule has 0 aliphatic carbocycles. The predicted octanol–water partition coefficient (Wildman–Crippen LogP) is 3.13. The molecular weight excluding hydrogens is 172 g/mol. The first-order valence-electron chi connectivity index (χ1n) is 5.68. The minimum atomic E-state index is 0.465. The Hall–Kier alpha value is -0.530. The van der Waals surface area contributed by atoms with Gasteiger partial charge >= 0.3 is 0 Å². The molecule has 1 N–H and O–H groups in total. The Morgan fingerprint density at radius 1 is 1.29 bits per heavy atom. The molecule has 1 heterocycles. The molecule has 0 unspecified atom stereocenters. The first-order valence-corrected chi connectivity index (χ1v) is 5.68. The van der Waals surface area contributed by atoms with Crippen LogP contribution in [0.25, 0.3) is 0 Å². The van der Waals surface area contributed by atoms with Gasteiger partial charge in [-0.2, -0.15) is 0 Å². The fraction of sp³-hybridized carbons (Fsp3) is 0.917. The fourth-order valence-corrected chi connectivity index (χ4v) is 2.34. The zero-order valence-electron chi connectivity index (χ0n) is 10.1. The molecule has 1 fully saturated rings. The molecule has 2 nitrogen and oxygen atoms in total. The first kappa shape index (κ1) is 11.5. The van der Waals surface area contributed by atoms with E-state index in [4.69, 9.17) is 5.41 Å². The van der Waals surface area contributed by atoms with Crippen LogP contribution >= 0.6 is 0 Å². The van der Waals surface area contributed by atoms with Crippen molar-refractivity contribution in [1.29, 1.82) is 5.41 Å². The van der Waals surface area contributed by atoms with Gasteiger partial charge in [0.15, 0.2) is 0 Å². The van der Waals surface area contributed by atoms with E-state index >= 15 is 0 Å². The third-order valence-corrected chi connectivity index (χ3v) is 2.99. The molecule has 0 aromatic carbocycles. The Balaban J connectivity index is 2.33. The van der Waals surface area contributed by atoms with E-state index in [1.807, 2.05) is 6.92 Å². The molecule has 0 radical (unpaired) electrons. The number of amidine groups is 1. The predicted molar refractivity (Wildman–Crippen MR) is 61.8 cm³/mol. The van der Waals surface area contributed by atoms with Crippen LogP contribution in [0.1, 0.15) is 47.0 Å². The van der Waals surface area contributed by atoms with Gasteiger partial charge < -0.3 is 4.90 Å². The SMILES string of the molecule is CC(=N)N1CCC(CC(C)(C)C)CC1. The van der Waals surface area contributed by atoms with Crippen LogP contribution in [0.4, 0.5) is 0 Å². The maximum Gasteiger partial charge on any atom is 0.0925 e. The molecule has 0 atom stereocenters. The van der Waals surface area contributed by atoms with Gasteiger partial charge in [0.2, 0.25) is 0 Å². The molecule has 0 aromatic rings. The standard InChI is InChI=1S/C12H24N2/c1-10(13)14-7-5-11(6-8-14)9-12(2,3)4/h11,13H,5-9H2,1-4H3. The maximum absolute atomic E-state index is 7.56. The summed E-state index contributed by atoms with van der Waals surface area (Å²) in [6.45, 7) is 11.0. The van der Waals surface area contributed by atoms with Gasteiger partial charge in [0, 0.05) is 13.1 Å². The van der Waals surface area contributed by atoms with Gasteiger partial charge in [-0.3, -0.25) is 5.41 Å². The highest BCUT2D eigenvalue weighted by atomic mass is 15.2. The third-order valence-electron chi connectivity index (χ3n) is 2.99. The Morgan fingerprint density at radius 3 is 2.14 bits per heavy atom. The highest BCUT2D eigenvalue weighted by Crippen LogP contribution is 2.30. The average Bonchev–Trinajstić information content (AvgIpc) is 2.02.